The minimum Gasteiger partial charge on any atom is -0.385 e. The molecule has 0 radical (unpaired) electrons. The lowest BCUT2D eigenvalue weighted by molar-refractivity contribution is 0.0546. The predicted octanol–water partition coefficient (Wildman–Crippen LogP) is 3.15. The molecule has 3 unspecified atom stereocenters. The van der Waals surface area contributed by atoms with Crippen LogP contribution in [0.25, 0.3) is 0 Å². The molecule has 1 aliphatic carbocycles. The van der Waals surface area contributed by atoms with Crippen LogP contribution in [0.5, 0.6) is 0 Å². The van der Waals surface area contributed by atoms with Crippen LogP contribution in [0, 0.1) is 17.3 Å². The third kappa shape index (κ3) is 4.43. The van der Waals surface area contributed by atoms with Gasteiger partial charge in [-0.15, -0.1) is 0 Å². The summed E-state index contributed by atoms with van der Waals surface area (Å²) in [5.41, 5.74) is 0.570. The molecule has 2 aliphatic rings. The maximum atomic E-state index is 5.33. The Morgan fingerprint density at radius 3 is 2.52 bits per heavy atom. The van der Waals surface area contributed by atoms with Gasteiger partial charge in [0, 0.05) is 45.4 Å². The fraction of sp³-hybridized carbons (Fsp3) is 1.00. The van der Waals surface area contributed by atoms with Crippen LogP contribution in [0.3, 0.4) is 0 Å². The SMILES string of the molecule is CCC(C)C1CN(CC2(CCOC)CC2)C(C(C)C)CN1. The molecule has 0 aromatic carbocycles. The number of piperazine rings is 1. The van der Waals surface area contributed by atoms with Crippen molar-refractivity contribution in [1.82, 2.24) is 10.2 Å². The van der Waals surface area contributed by atoms with Crippen LogP contribution >= 0.6 is 0 Å². The van der Waals surface area contributed by atoms with E-state index >= 15 is 0 Å². The quantitative estimate of drug-likeness (QED) is 0.745. The second kappa shape index (κ2) is 7.43. The summed E-state index contributed by atoms with van der Waals surface area (Å²) >= 11 is 0. The molecule has 2 fully saturated rings. The Hall–Kier alpha value is -0.120. The summed E-state index contributed by atoms with van der Waals surface area (Å²) in [5.74, 6) is 1.50. The molecule has 1 N–H and O–H groups in total. The highest BCUT2D eigenvalue weighted by molar-refractivity contribution is 4.99. The third-order valence-electron chi connectivity index (χ3n) is 5.92. The van der Waals surface area contributed by atoms with Gasteiger partial charge in [-0.05, 0) is 36.5 Å². The largest absolute Gasteiger partial charge is 0.385 e. The van der Waals surface area contributed by atoms with Crippen molar-refractivity contribution in [2.24, 2.45) is 17.3 Å². The van der Waals surface area contributed by atoms with Crippen LogP contribution in [-0.2, 0) is 4.74 Å². The normalized spacial score (nSPS) is 30.6. The Bertz CT molecular complexity index is 314. The van der Waals surface area contributed by atoms with Gasteiger partial charge < -0.3 is 10.1 Å². The van der Waals surface area contributed by atoms with E-state index in [1.807, 2.05) is 7.11 Å². The molecule has 2 rings (SSSR count). The Labute approximate surface area is 131 Å². The molecular weight excluding hydrogens is 260 g/mol. The van der Waals surface area contributed by atoms with E-state index in [1.54, 1.807) is 0 Å². The van der Waals surface area contributed by atoms with Crippen molar-refractivity contribution in [3.8, 4) is 0 Å². The van der Waals surface area contributed by atoms with Gasteiger partial charge in [-0.3, -0.25) is 4.90 Å². The van der Waals surface area contributed by atoms with Gasteiger partial charge in [0.25, 0.3) is 0 Å². The van der Waals surface area contributed by atoms with Crippen LogP contribution in [0.4, 0.5) is 0 Å². The Balaban J connectivity index is 1.97. The number of methoxy groups -OCH3 is 1. The first-order chi connectivity index (χ1) is 10.0. The van der Waals surface area contributed by atoms with Gasteiger partial charge in [0.1, 0.15) is 0 Å². The van der Waals surface area contributed by atoms with Gasteiger partial charge in [0.05, 0.1) is 0 Å². The molecule has 0 spiro atoms. The summed E-state index contributed by atoms with van der Waals surface area (Å²) in [6.07, 6.45) is 5.32. The third-order valence-corrected chi connectivity index (χ3v) is 5.92. The zero-order valence-electron chi connectivity index (χ0n) is 14.8. The molecule has 0 bridgehead atoms. The number of hydrogen-bond acceptors (Lipinski definition) is 3. The highest BCUT2D eigenvalue weighted by Gasteiger charge is 2.45. The summed E-state index contributed by atoms with van der Waals surface area (Å²) in [4.78, 5) is 2.81. The lowest BCUT2D eigenvalue weighted by atomic mass is 9.90. The maximum absolute atomic E-state index is 5.33. The topological polar surface area (TPSA) is 24.5 Å². The molecule has 0 aromatic heterocycles. The Morgan fingerprint density at radius 2 is 2.00 bits per heavy atom. The van der Waals surface area contributed by atoms with Crippen LogP contribution in [0.15, 0.2) is 0 Å². The molecule has 1 heterocycles. The number of rotatable bonds is 8. The smallest absolute Gasteiger partial charge is 0.0468 e. The molecule has 1 aliphatic heterocycles. The minimum absolute atomic E-state index is 0.570. The average Bonchev–Trinajstić information content (AvgIpc) is 3.24. The van der Waals surface area contributed by atoms with Crippen molar-refractivity contribution >= 4 is 0 Å². The predicted molar refractivity (Wildman–Crippen MR) is 89.6 cm³/mol. The molecule has 1 saturated heterocycles. The van der Waals surface area contributed by atoms with E-state index < -0.39 is 0 Å². The highest BCUT2D eigenvalue weighted by atomic mass is 16.5. The lowest BCUT2D eigenvalue weighted by Gasteiger charge is -2.45. The first kappa shape index (κ1) is 17.2. The molecule has 0 amide bonds. The van der Waals surface area contributed by atoms with Gasteiger partial charge in [-0.1, -0.05) is 34.1 Å². The minimum atomic E-state index is 0.570. The van der Waals surface area contributed by atoms with Crippen LogP contribution in [0.1, 0.15) is 53.4 Å². The van der Waals surface area contributed by atoms with Crippen LogP contribution in [-0.4, -0.2) is 50.3 Å². The maximum Gasteiger partial charge on any atom is 0.0468 e. The summed E-state index contributed by atoms with van der Waals surface area (Å²) in [6, 6.07) is 1.37. The zero-order chi connectivity index (χ0) is 15.5. The summed E-state index contributed by atoms with van der Waals surface area (Å²) in [6.45, 7) is 14.0. The van der Waals surface area contributed by atoms with Gasteiger partial charge >= 0.3 is 0 Å². The summed E-state index contributed by atoms with van der Waals surface area (Å²) < 4.78 is 5.33. The van der Waals surface area contributed by atoms with E-state index in [0.717, 1.165) is 25.0 Å². The number of ether oxygens (including phenoxy) is 1. The molecule has 1 saturated carbocycles. The molecule has 0 aromatic rings. The first-order valence-corrected chi connectivity index (χ1v) is 8.97. The lowest BCUT2D eigenvalue weighted by Crippen LogP contribution is -2.60. The highest BCUT2D eigenvalue weighted by Crippen LogP contribution is 2.50. The van der Waals surface area contributed by atoms with Crippen molar-refractivity contribution in [3.63, 3.8) is 0 Å². The van der Waals surface area contributed by atoms with E-state index in [1.165, 1.54) is 38.8 Å². The van der Waals surface area contributed by atoms with Crippen molar-refractivity contribution in [2.45, 2.75) is 65.5 Å². The first-order valence-electron chi connectivity index (χ1n) is 8.97. The van der Waals surface area contributed by atoms with Gasteiger partial charge in [0.2, 0.25) is 0 Å². The Morgan fingerprint density at radius 1 is 1.29 bits per heavy atom. The van der Waals surface area contributed by atoms with Crippen LogP contribution < -0.4 is 5.32 Å². The summed E-state index contributed by atoms with van der Waals surface area (Å²) in [7, 11) is 1.83. The van der Waals surface area contributed by atoms with Gasteiger partial charge in [-0.25, -0.2) is 0 Å². The monoisotopic (exact) mass is 296 g/mol. The van der Waals surface area contributed by atoms with Gasteiger partial charge in [-0.2, -0.15) is 0 Å². The van der Waals surface area contributed by atoms with E-state index in [2.05, 4.69) is 37.9 Å². The number of nitrogens with one attached hydrogen (secondary N) is 1. The van der Waals surface area contributed by atoms with E-state index in [9.17, 15) is 0 Å². The van der Waals surface area contributed by atoms with Crippen molar-refractivity contribution in [2.75, 3.05) is 33.4 Å². The van der Waals surface area contributed by atoms with Crippen molar-refractivity contribution < 1.29 is 4.74 Å². The van der Waals surface area contributed by atoms with E-state index in [-0.39, 0.29) is 0 Å². The zero-order valence-corrected chi connectivity index (χ0v) is 14.8. The molecule has 3 heteroatoms. The second-order valence-corrected chi connectivity index (χ2v) is 7.88. The van der Waals surface area contributed by atoms with E-state index in [4.69, 9.17) is 4.74 Å². The van der Waals surface area contributed by atoms with Crippen LogP contribution in [0.2, 0.25) is 0 Å². The molecule has 3 atom stereocenters. The van der Waals surface area contributed by atoms with E-state index in [0.29, 0.717) is 17.5 Å². The fourth-order valence-electron chi connectivity index (χ4n) is 3.77. The fourth-order valence-corrected chi connectivity index (χ4v) is 3.77. The molecular formula is C18H36N2O. The number of hydrogen-bond donors (Lipinski definition) is 1. The van der Waals surface area contributed by atoms with Crippen molar-refractivity contribution in [3.05, 3.63) is 0 Å². The Kier molecular flexibility index (Phi) is 6.10. The number of nitrogens with zero attached hydrogens (tertiary/aromatic N) is 1. The van der Waals surface area contributed by atoms with Gasteiger partial charge in [0.15, 0.2) is 0 Å². The standard InChI is InChI=1S/C18H36N2O/c1-6-15(4)16-12-20(17(11-19-16)14(2)3)13-18(7-8-18)9-10-21-5/h14-17,19H,6-13H2,1-5H3. The molecule has 21 heavy (non-hydrogen) atoms. The van der Waals surface area contributed by atoms with Crippen molar-refractivity contribution in [1.29, 1.82) is 0 Å². The second-order valence-electron chi connectivity index (χ2n) is 7.88. The molecule has 124 valence electrons. The summed E-state index contributed by atoms with van der Waals surface area (Å²) in [5, 5.41) is 3.81. The molecule has 3 nitrogen and oxygen atoms in total. The average molecular weight is 296 g/mol.